The second-order valence-corrected chi connectivity index (χ2v) is 8.82. The summed E-state index contributed by atoms with van der Waals surface area (Å²) < 4.78 is 28.9. The number of anilines is 1. The molecule has 3 rings (SSSR count). The first-order chi connectivity index (χ1) is 12.4. The normalized spacial score (nSPS) is 11.3. The molecule has 1 aromatic heterocycles. The predicted octanol–water partition coefficient (Wildman–Crippen LogP) is 4.14. The van der Waals surface area contributed by atoms with Crippen molar-refractivity contribution in [2.75, 3.05) is 18.7 Å². The first-order valence-corrected chi connectivity index (χ1v) is 10.8. The van der Waals surface area contributed by atoms with Crippen LogP contribution in [0.1, 0.15) is 11.3 Å². The quantitative estimate of drug-likeness (QED) is 0.687. The van der Waals surface area contributed by atoms with Gasteiger partial charge in [-0.25, -0.2) is 13.4 Å². The van der Waals surface area contributed by atoms with E-state index in [1.54, 1.807) is 36.6 Å². The minimum atomic E-state index is -3.23. The van der Waals surface area contributed by atoms with E-state index in [4.69, 9.17) is 4.74 Å². The molecule has 7 heteroatoms. The molecule has 0 saturated heterocycles. The number of aromatic nitrogens is 1. The van der Waals surface area contributed by atoms with E-state index in [1.807, 2.05) is 36.6 Å². The Bertz CT molecular complexity index is 1030. The van der Waals surface area contributed by atoms with Gasteiger partial charge < -0.3 is 10.1 Å². The van der Waals surface area contributed by atoms with Gasteiger partial charge in [0.15, 0.2) is 9.84 Å². The Kier molecular flexibility index (Phi) is 5.29. The summed E-state index contributed by atoms with van der Waals surface area (Å²) in [5.41, 5.74) is 3.62. The molecule has 0 saturated carbocycles. The molecule has 5 nitrogen and oxygen atoms in total. The van der Waals surface area contributed by atoms with E-state index < -0.39 is 9.84 Å². The number of ether oxygens (including phenoxy) is 1. The third-order valence-electron chi connectivity index (χ3n) is 3.99. The van der Waals surface area contributed by atoms with Crippen LogP contribution in [0.25, 0.3) is 10.6 Å². The largest absolute Gasteiger partial charge is 0.496 e. The van der Waals surface area contributed by atoms with Gasteiger partial charge in [0.2, 0.25) is 0 Å². The SMILES string of the molecule is COc1ccccc1-c1nc(CNc2cc(S(C)(=O)=O)ccc2C)cs1. The Hall–Kier alpha value is -2.38. The van der Waals surface area contributed by atoms with Crippen molar-refractivity contribution in [1.29, 1.82) is 0 Å². The van der Waals surface area contributed by atoms with E-state index in [9.17, 15) is 8.42 Å². The van der Waals surface area contributed by atoms with E-state index in [1.165, 1.54) is 6.26 Å². The minimum Gasteiger partial charge on any atom is -0.496 e. The van der Waals surface area contributed by atoms with Gasteiger partial charge in [-0.2, -0.15) is 0 Å². The molecule has 136 valence electrons. The van der Waals surface area contributed by atoms with E-state index >= 15 is 0 Å². The first kappa shape index (κ1) is 18.4. The standard InChI is InChI=1S/C19H20N2O3S2/c1-13-8-9-15(26(3,22)23)10-17(13)20-11-14-12-25-19(21-14)16-6-4-5-7-18(16)24-2/h4-10,12,20H,11H2,1-3H3. The molecule has 0 fully saturated rings. The van der Waals surface area contributed by atoms with Gasteiger partial charge in [0.25, 0.3) is 0 Å². The van der Waals surface area contributed by atoms with E-state index in [0.717, 1.165) is 33.3 Å². The summed E-state index contributed by atoms with van der Waals surface area (Å²) in [7, 11) is -1.59. The Morgan fingerprint density at radius 1 is 1.19 bits per heavy atom. The van der Waals surface area contributed by atoms with Crippen LogP contribution >= 0.6 is 11.3 Å². The van der Waals surface area contributed by atoms with Crippen molar-refractivity contribution in [3.8, 4) is 16.3 Å². The molecule has 0 aliphatic heterocycles. The summed E-state index contributed by atoms with van der Waals surface area (Å²) in [6, 6.07) is 12.9. The molecular weight excluding hydrogens is 368 g/mol. The molecule has 0 radical (unpaired) electrons. The van der Waals surface area contributed by atoms with Crippen molar-refractivity contribution < 1.29 is 13.2 Å². The summed E-state index contributed by atoms with van der Waals surface area (Å²) in [6.45, 7) is 2.45. The Morgan fingerprint density at radius 3 is 2.69 bits per heavy atom. The number of rotatable bonds is 6. The van der Waals surface area contributed by atoms with Crippen molar-refractivity contribution in [2.45, 2.75) is 18.4 Å². The summed E-state index contributed by atoms with van der Waals surface area (Å²) in [6.07, 6.45) is 1.21. The topological polar surface area (TPSA) is 68.3 Å². The van der Waals surface area contributed by atoms with E-state index in [-0.39, 0.29) is 0 Å². The van der Waals surface area contributed by atoms with Crippen molar-refractivity contribution >= 4 is 26.9 Å². The lowest BCUT2D eigenvalue weighted by Crippen LogP contribution is -2.04. The number of benzene rings is 2. The number of para-hydroxylation sites is 1. The van der Waals surface area contributed by atoms with Crippen LogP contribution in [0.15, 0.2) is 52.7 Å². The Labute approximate surface area is 157 Å². The predicted molar refractivity (Wildman–Crippen MR) is 106 cm³/mol. The number of nitrogens with one attached hydrogen (secondary N) is 1. The fourth-order valence-electron chi connectivity index (χ4n) is 2.54. The van der Waals surface area contributed by atoms with Gasteiger partial charge >= 0.3 is 0 Å². The molecule has 1 heterocycles. The molecular formula is C19H20N2O3S2. The van der Waals surface area contributed by atoms with Gasteiger partial charge in [-0.3, -0.25) is 0 Å². The average Bonchev–Trinajstić information content (AvgIpc) is 3.08. The van der Waals surface area contributed by atoms with Crippen LogP contribution in [-0.2, 0) is 16.4 Å². The zero-order valence-electron chi connectivity index (χ0n) is 14.8. The van der Waals surface area contributed by atoms with Crippen LogP contribution in [0.5, 0.6) is 5.75 Å². The van der Waals surface area contributed by atoms with Gasteiger partial charge in [0, 0.05) is 17.3 Å². The summed E-state index contributed by atoms with van der Waals surface area (Å²) in [4.78, 5) is 4.97. The maximum Gasteiger partial charge on any atom is 0.175 e. The number of aryl methyl sites for hydroxylation is 1. The van der Waals surface area contributed by atoms with Crippen LogP contribution < -0.4 is 10.1 Å². The smallest absolute Gasteiger partial charge is 0.175 e. The van der Waals surface area contributed by atoms with Crippen molar-refractivity contribution in [1.82, 2.24) is 4.98 Å². The zero-order chi connectivity index (χ0) is 18.7. The van der Waals surface area contributed by atoms with Gasteiger partial charge in [-0.05, 0) is 36.8 Å². The number of hydrogen-bond acceptors (Lipinski definition) is 6. The number of hydrogen-bond donors (Lipinski definition) is 1. The lowest BCUT2D eigenvalue weighted by molar-refractivity contribution is 0.416. The molecule has 2 aromatic carbocycles. The van der Waals surface area contributed by atoms with Crippen molar-refractivity contribution in [3.05, 3.63) is 59.1 Å². The third-order valence-corrected chi connectivity index (χ3v) is 6.02. The Balaban J connectivity index is 1.79. The Morgan fingerprint density at radius 2 is 1.96 bits per heavy atom. The number of sulfone groups is 1. The lowest BCUT2D eigenvalue weighted by Gasteiger charge is -2.10. The highest BCUT2D eigenvalue weighted by Gasteiger charge is 2.12. The lowest BCUT2D eigenvalue weighted by atomic mass is 10.2. The highest BCUT2D eigenvalue weighted by molar-refractivity contribution is 7.90. The fraction of sp³-hybridized carbons (Fsp3) is 0.211. The van der Waals surface area contributed by atoms with Crippen LogP contribution in [0.4, 0.5) is 5.69 Å². The molecule has 0 bridgehead atoms. The molecule has 0 amide bonds. The molecule has 3 aromatic rings. The third kappa shape index (κ3) is 4.05. The van der Waals surface area contributed by atoms with Crippen molar-refractivity contribution in [3.63, 3.8) is 0 Å². The van der Waals surface area contributed by atoms with Gasteiger partial charge in [0.1, 0.15) is 10.8 Å². The van der Waals surface area contributed by atoms with Gasteiger partial charge in [-0.1, -0.05) is 18.2 Å². The maximum absolute atomic E-state index is 11.7. The summed E-state index contributed by atoms with van der Waals surface area (Å²) in [5.74, 6) is 0.790. The molecule has 26 heavy (non-hydrogen) atoms. The van der Waals surface area contributed by atoms with Gasteiger partial charge in [-0.15, -0.1) is 11.3 Å². The fourth-order valence-corrected chi connectivity index (χ4v) is 4.04. The molecule has 1 N–H and O–H groups in total. The second kappa shape index (κ2) is 7.47. The van der Waals surface area contributed by atoms with Crippen LogP contribution in [0, 0.1) is 6.92 Å². The first-order valence-electron chi connectivity index (χ1n) is 8.01. The molecule has 0 aliphatic rings. The van der Waals surface area contributed by atoms with Gasteiger partial charge in [0.05, 0.1) is 29.8 Å². The summed E-state index contributed by atoms with van der Waals surface area (Å²) >= 11 is 1.55. The highest BCUT2D eigenvalue weighted by Crippen LogP contribution is 2.32. The number of methoxy groups -OCH3 is 1. The molecule has 0 aliphatic carbocycles. The maximum atomic E-state index is 11.7. The van der Waals surface area contributed by atoms with E-state index in [0.29, 0.717) is 11.4 Å². The summed E-state index contributed by atoms with van der Waals surface area (Å²) in [5, 5.41) is 6.16. The average molecular weight is 389 g/mol. The molecule has 0 spiro atoms. The van der Waals surface area contributed by atoms with Crippen LogP contribution in [0.2, 0.25) is 0 Å². The van der Waals surface area contributed by atoms with Crippen LogP contribution in [0.3, 0.4) is 0 Å². The monoisotopic (exact) mass is 388 g/mol. The minimum absolute atomic E-state index is 0.304. The highest BCUT2D eigenvalue weighted by atomic mass is 32.2. The number of thiazole rings is 1. The van der Waals surface area contributed by atoms with E-state index in [2.05, 4.69) is 10.3 Å². The number of nitrogens with zero attached hydrogens (tertiary/aromatic N) is 1. The second-order valence-electron chi connectivity index (χ2n) is 5.95. The zero-order valence-corrected chi connectivity index (χ0v) is 16.4. The molecule has 0 unspecified atom stereocenters. The molecule has 0 atom stereocenters. The van der Waals surface area contributed by atoms with Crippen LogP contribution in [-0.4, -0.2) is 26.8 Å². The van der Waals surface area contributed by atoms with Crippen molar-refractivity contribution in [2.24, 2.45) is 0 Å².